The van der Waals surface area contributed by atoms with Gasteiger partial charge in [0.25, 0.3) is 5.56 Å². The zero-order chi connectivity index (χ0) is 24.5. The van der Waals surface area contributed by atoms with Crippen LogP contribution in [0.25, 0.3) is 21.9 Å². The molecule has 0 spiro atoms. The number of hydrogen-bond acceptors (Lipinski definition) is 4. The van der Waals surface area contributed by atoms with Gasteiger partial charge < -0.3 is 10.3 Å². The van der Waals surface area contributed by atoms with E-state index in [2.05, 4.69) is 4.98 Å². The van der Waals surface area contributed by atoms with Gasteiger partial charge >= 0.3 is 11.9 Å². The lowest BCUT2D eigenvalue weighted by Gasteiger charge is -2.16. The van der Waals surface area contributed by atoms with Gasteiger partial charge in [-0.15, -0.1) is 0 Å². The number of fused-ring (bicyclic) bond motifs is 2. The average Bonchev–Trinajstić information content (AvgIpc) is 3.15. The van der Waals surface area contributed by atoms with Crippen LogP contribution < -0.4 is 17.0 Å². The van der Waals surface area contributed by atoms with Crippen molar-refractivity contribution in [2.75, 3.05) is 6.67 Å². The third-order valence-electron chi connectivity index (χ3n) is 5.66. The summed E-state index contributed by atoms with van der Waals surface area (Å²) in [5, 5.41) is -0.00291. The van der Waals surface area contributed by atoms with Gasteiger partial charge in [-0.2, -0.15) is 13.2 Å². The predicted molar refractivity (Wildman–Crippen MR) is 120 cm³/mol. The van der Waals surface area contributed by atoms with Gasteiger partial charge in [0, 0.05) is 13.1 Å². The molecule has 0 bridgehead atoms. The first-order valence-corrected chi connectivity index (χ1v) is 10.8. The number of nitrogens with zero attached hydrogens (tertiary/aromatic N) is 4. The molecule has 2 heterocycles. The molecular formula is C23H23F4N5O2. The Bertz CT molecular complexity index is 1450. The lowest BCUT2D eigenvalue weighted by molar-refractivity contribution is -0.141. The van der Waals surface area contributed by atoms with Gasteiger partial charge in [0.1, 0.15) is 12.4 Å². The highest BCUT2D eigenvalue weighted by Crippen LogP contribution is 2.21. The van der Waals surface area contributed by atoms with Gasteiger partial charge in [0.15, 0.2) is 0 Å². The Hall–Kier alpha value is -3.47. The highest BCUT2D eigenvalue weighted by Gasteiger charge is 2.31. The van der Waals surface area contributed by atoms with Crippen LogP contribution in [-0.2, 0) is 26.2 Å². The summed E-state index contributed by atoms with van der Waals surface area (Å²) in [7, 11) is 0. The molecular weight excluding hydrogens is 454 g/mol. The van der Waals surface area contributed by atoms with Crippen LogP contribution >= 0.6 is 0 Å². The maximum absolute atomic E-state index is 13.1. The zero-order valence-electron chi connectivity index (χ0n) is 18.2. The van der Waals surface area contributed by atoms with Gasteiger partial charge in [-0.25, -0.2) is 9.78 Å². The molecule has 180 valence electrons. The van der Waals surface area contributed by atoms with E-state index in [4.69, 9.17) is 5.73 Å². The van der Waals surface area contributed by atoms with Crippen LogP contribution in [0.15, 0.2) is 52.1 Å². The van der Waals surface area contributed by atoms with Crippen molar-refractivity contribution in [3.05, 3.63) is 74.7 Å². The summed E-state index contributed by atoms with van der Waals surface area (Å²) < 4.78 is 55.3. The largest absolute Gasteiger partial charge is 0.406 e. The van der Waals surface area contributed by atoms with Gasteiger partial charge in [0.2, 0.25) is 0 Å². The number of imidazole rings is 1. The van der Waals surface area contributed by atoms with Crippen LogP contribution in [-0.4, -0.2) is 31.5 Å². The van der Waals surface area contributed by atoms with E-state index in [1.165, 1.54) is 18.2 Å². The van der Waals surface area contributed by atoms with Gasteiger partial charge in [-0.1, -0.05) is 18.2 Å². The number of hydrogen-bond donors (Lipinski definition) is 1. The molecule has 0 fully saturated rings. The predicted octanol–water partition coefficient (Wildman–Crippen LogP) is 3.33. The number of alkyl halides is 4. The minimum Gasteiger partial charge on any atom is -0.326 e. The third-order valence-corrected chi connectivity index (χ3v) is 5.66. The number of nitrogens with two attached hydrogens (primary N) is 1. The minimum atomic E-state index is -4.75. The van der Waals surface area contributed by atoms with E-state index in [0.717, 1.165) is 15.6 Å². The first-order chi connectivity index (χ1) is 16.2. The number of benzene rings is 2. The Morgan fingerprint density at radius 2 is 1.71 bits per heavy atom. The van der Waals surface area contributed by atoms with E-state index in [1.807, 2.05) is 16.7 Å². The topological polar surface area (TPSA) is 87.8 Å². The molecule has 4 aromatic rings. The van der Waals surface area contributed by atoms with Crippen molar-refractivity contribution in [3.63, 3.8) is 0 Å². The molecule has 7 nitrogen and oxygen atoms in total. The second-order valence-corrected chi connectivity index (χ2v) is 8.00. The normalized spacial score (nSPS) is 12.1. The fourth-order valence-electron chi connectivity index (χ4n) is 4.07. The van der Waals surface area contributed by atoms with Crippen LogP contribution in [0.2, 0.25) is 0 Å². The smallest absolute Gasteiger partial charge is 0.326 e. The first-order valence-electron chi connectivity index (χ1n) is 10.8. The van der Waals surface area contributed by atoms with Crippen LogP contribution in [0.1, 0.15) is 24.2 Å². The van der Waals surface area contributed by atoms with Crippen LogP contribution in [0.3, 0.4) is 0 Å². The van der Waals surface area contributed by atoms with E-state index in [-0.39, 0.29) is 22.0 Å². The Morgan fingerprint density at radius 1 is 0.941 bits per heavy atom. The maximum Gasteiger partial charge on any atom is 0.406 e. The monoisotopic (exact) mass is 477 g/mol. The summed E-state index contributed by atoms with van der Waals surface area (Å²) in [5.74, 6) is 0.410. The quantitative estimate of drug-likeness (QED) is 0.312. The summed E-state index contributed by atoms with van der Waals surface area (Å²) in [4.78, 5) is 30.4. The SMILES string of the molecule is NCc1ccc2c(c1)nc(Cn1c(=O)n(CC(F)(F)F)c(=O)c3ccccc31)n2CCCCF. The maximum atomic E-state index is 13.1. The number of para-hydroxylation sites is 1. The lowest BCUT2D eigenvalue weighted by atomic mass is 10.2. The molecule has 2 N–H and O–H groups in total. The Balaban J connectivity index is 1.91. The summed E-state index contributed by atoms with van der Waals surface area (Å²) in [6, 6.07) is 11.5. The van der Waals surface area contributed by atoms with Crippen molar-refractivity contribution < 1.29 is 17.6 Å². The molecule has 0 aliphatic rings. The zero-order valence-corrected chi connectivity index (χ0v) is 18.2. The van der Waals surface area contributed by atoms with E-state index in [0.29, 0.717) is 37.3 Å². The van der Waals surface area contributed by atoms with Gasteiger partial charge in [0.05, 0.1) is 35.2 Å². The minimum absolute atomic E-state index is 0.00291. The van der Waals surface area contributed by atoms with E-state index >= 15 is 0 Å². The molecule has 0 saturated heterocycles. The number of unbranched alkanes of at least 4 members (excludes halogenated alkanes) is 1. The molecule has 0 aliphatic heterocycles. The molecule has 4 rings (SSSR count). The Kier molecular flexibility index (Phi) is 6.56. The Morgan fingerprint density at radius 3 is 2.41 bits per heavy atom. The van der Waals surface area contributed by atoms with Crippen molar-refractivity contribution >= 4 is 21.9 Å². The van der Waals surface area contributed by atoms with Crippen molar-refractivity contribution in [1.29, 1.82) is 0 Å². The Labute approximate surface area is 191 Å². The van der Waals surface area contributed by atoms with Crippen molar-refractivity contribution in [2.24, 2.45) is 5.73 Å². The molecule has 11 heteroatoms. The summed E-state index contributed by atoms with van der Waals surface area (Å²) >= 11 is 0. The third kappa shape index (κ3) is 4.60. The summed E-state index contributed by atoms with van der Waals surface area (Å²) in [5.41, 5.74) is 6.05. The lowest BCUT2D eigenvalue weighted by Crippen LogP contribution is -2.43. The van der Waals surface area contributed by atoms with Gasteiger partial charge in [-0.05, 0) is 42.7 Å². The van der Waals surface area contributed by atoms with Crippen molar-refractivity contribution in [1.82, 2.24) is 18.7 Å². The number of aryl methyl sites for hydroxylation is 1. The average molecular weight is 477 g/mol. The highest BCUT2D eigenvalue weighted by atomic mass is 19.4. The first kappa shape index (κ1) is 23.7. The molecule has 0 radical (unpaired) electrons. The molecule has 34 heavy (non-hydrogen) atoms. The second kappa shape index (κ2) is 9.41. The van der Waals surface area contributed by atoms with Crippen molar-refractivity contribution in [2.45, 2.75) is 45.2 Å². The van der Waals surface area contributed by atoms with Gasteiger partial charge in [-0.3, -0.25) is 18.3 Å². The van der Waals surface area contributed by atoms with Crippen LogP contribution in [0.4, 0.5) is 17.6 Å². The summed E-state index contributed by atoms with van der Waals surface area (Å²) in [6.45, 7) is -1.63. The fourth-order valence-corrected chi connectivity index (χ4v) is 4.07. The standard InChI is InChI=1S/C23H23F4N5O2/c24-9-3-4-10-30-19-8-7-15(12-28)11-17(19)29-20(30)13-31-18-6-2-1-5-16(18)21(33)32(22(31)34)14-23(25,26)27/h1-2,5-8,11H,3-4,9-10,12-14,28H2. The summed E-state index contributed by atoms with van der Waals surface area (Å²) in [6.07, 6.45) is -3.91. The van der Waals surface area contributed by atoms with E-state index < -0.39 is 30.6 Å². The van der Waals surface area contributed by atoms with E-state index in [1.54, 1.807) is 12.1 Å². The molecule has 2 aromatic carbocycles. The molecule has 0 atom stereocenters. The van der Waals surface area contributed by atoms with E-state index in [9.17, 15) is 27.2 Å². The van der Waals surface area contributed by atoms with Crippen LogP contribution in [0, 0.1) is 0 Å². The van der Waals surface area contributed by atoms with Crippen molar-refractivity contribution in [3.8, 4) is 0 Å². The molecule has 2 aromatic heterocycles. The number of rotatable bonds is 8. The fraction of sp³-hybridized carbons (Fsp3) is 0.348. The molecule has 0 amide bonds. The molecule has 0 aliphatic carbocycles. The number of aromatic nitrogens is 4. The number of halogens is 4. The van der Waals surface area contributed by atoms with Crippen LogP contribution in [0.5, 0.6) is 0 Å². The molecule has 0 unspecified atom stereocenters. The molecule has 0 saturated carbocycles. The second-order valence-electron chi connectivity index (χ2n) is 8.00. The highest BCUT2D eigenvalue weighted by molar-refractivity contribution is 5.79.